The molecule has 1 aromatic rings. The second kappa shape index (κ2) is 9.60. The van der Waals surface area contributed by atoms with Gasteiger partial charge in [-0.2, -0.15) is 5.26 Å². The molecule has 0 fully saturated rings. The Labute approximate surface area is 143 Å². The molecule has 128 valence electrons. The molecule has 1 rings (SSSR count). The predicted octanol–water partition coefficient (Wildman–Crippen LogP) is 2.44. The lowest BCUT2D eigenvalue weighted by Gasteiger charge is -2.17. The molecule has 0 aliphatic heterocycles. The molecule has 0 aliphatic carbocycles. The van der Waals surface area contributed by atoms with E-state index >= 15 is 0 Å². The molecule has 0 spiro atoms. The Morgan fingerprint density at radius 1 is 1.42 bits per heavy atom. The Hall–Kier alpha value is -2.50. The second-order valence-corrected chi connectivity index (χ2v) is 5.83. The molecule has 1 unspecified atom stereocenters. The summed E-state index contributed by atoms with van der Waals surface area (Å²) in [6.07, 6.45) is 0.0221. The number of aliphatic hydroxyl groups is 1. The van der Waals surface area contributed by atoms with E-state index in [1.165, 1.54) is 6.07 Å². The lowest BCUT2D eigenvalue weighted by Crippen LogP contribution is -2.30. The number of aliphatic hydroxyl groups excluding tert-OH is 1. The summed E-state index contributed by atoms with van der Waals surface area (Å²) < 4.78 is 5.53. The highest BCUT2D eigenvalue weighted by Crippen LogP contribution is 2.21. The zero-order valence-corrected chi connectivity index (χ0v) is 14.7. The average molecular weight is 328 g/mol. The molecule has 1 atom stereocenters. The largest absolute Gasteiger partial charge is 0.489 e. The summed E-state index contributed by atoms with van der Waals surface area (Å²) in [4.78, 5) is 13.7. The Kier molecular flexibility index (Phi) is 7.82. The zero-order valence-electron chi connectivity index (χ0n) is 14.7. The minimum absolute atomic E-state index is 0.0193. The molecule has 0 aliphatic rings. The van der Waals surface area contributed by atoms with Crippen LogP contribution in [-0.2, 0) is 0 Å². The van der Waals surface area contributed by atoms with E-state index in [0.29, 0.717) is 17.9 Å². The summed E-state index contributed by atoms with van der Waals surface area (Å²) >= 11 is 0. The fourth-order valence-electron chi connectivity index (χ4n) is 2.04. The van der Waals surface area contributed by atoms with Gasteiger partial charge >= 0.3 is 0 Å². The fraction of sp³-hybridized carbons (Fsp3) is 0.474. The number of nitriles is 1. The molecule has 0 heterocycles. The van der Waals surface area contributed by atoms with Crippen LogP contribution in [0.3, 0.4) is 0 Å². The molecule has 5 heteroatoms. The van der Waals surface area contributed by atoms with Crippen molar-refractivity contribution in [2.45, 2.75) is 33.3 Å². The highest BCUT2D eigenvalue weighted by molar-refractivity contribution is 5.97. The van der Waals surface area contributed by atoms with E-state index in [1.54, 1.807) is 24.1 Å². The van der Waals surface area contributed by atoms with Gasteiger partial charge in [0.25, 0.3) is 0 Å². The normalized spacial score (nSPS) is 11.2. The number of rotatable bonds is 7. The van der Waals surface area contributed by atoms with Crippen LogP contribution in [0.5, 0.6) is 5.75 Å². The first kappa shape index (κ1) is 19.5. The first-order valence-corrected chi connectivity index (χ1v) is 7.97. The lowest BCUT2D eigenvalue weighted by atomic mass is 9.99. The average Bonchev–Trinajstić information content (AvgIpc) is 2.57. The number of carbonyl (C=O) groups is 1. The van der Waals surface area contributed by atoms with Gasteiger partial charge in [-0.05, 0) is 18.2 Å². The van der Waals surface area contributed by atoms with Crippen LogP contribution < -0.4 is 4.74 Å². The third-order valence-corrected chi connectivity index (χ3v) is 3.27. The quantitative estimate of drug-likeness (QED) is 0.473. The molecule has 0 amide bonds. The van der Waals surface area contributed by atoms with Crippen LogP contribution in [0.4, 0.5) is 0 Å². The lowest BCUT2D eigenvalue weighted by molar-refractivity contribution is 0.0891. The standard InChI is InChI=1S/C19H24N2O3/c1-5-6-9-21(4)12-17(22)13-24-18-8-7-15(10-16(18)11-20)19(23)14(2)3/h7-8,10,14,17,22H,5,12-13H2,1-4H3. The second-order valence-electron chi connectivity index (χ2n) is 5.83. The van der Waals surface area contributed by atoms with Crippen molar-refractivity contribution in [3.63, 3.8) is 0 Å². The smallest absolute Gasteiger partial charge is 0.165 e. The van der Waals surface area contributed by atoms with E-state index in [1.807, 2.05) is 26.8 Å². The van der Waals surface area contributed by atoms with E-state index in [4.69, 9.17) is 4.74 Å². The molecule has 1 N–H and O–H groups in total. The van der Waals surface area contributed by atoms with Crippen molar-refractivity contribution in [2.24, 2.45) is 5.92 Å². The van der Waals surface area contributed by atoms with Crippen molar-refractivity contribution < 1.29 is 14.6 Å². The Morgan fingerprint density at radius 2 is 2.12 bits per heavy atom. The zero-order chi connectivity index (χ0) is 18.1. The summed E-state index contributed by atoms with van der Waals surface area (Å²) in [6, 6.07) is 9.69. The van der Waals surface area contributed by atoms with Crippen LogP contribution in [-0.4, -0.2) is 42.1 Å². The van der Waals surface area contributed by atoms with Gasteiger partial charge in [-0.1, -0.05) is 26.7 Å². The molecule has 0 radical (unpaired) electrons. The van der Waals surface area contributed by atoms with Crippen LogP contribution >= 0.6 is 0 Å². The summed E-state index contributed by atoms with van der Waals surface area (Å²) in [5.74, 6) is 3.13. The van der Waals surface area contributed by atoms with Gasteiger partial charge in [0.1, 0.15) is 24.5 Å². The monoisotopic (exact) mass is 328 g/mol. The van der Waals surface area contributed by atoms with Gasteiger partial charge in [0.2, 0.25) is 0 Å². The van der Waals surface area contributed by atoms with Gasteiger partial charge in [-0.3, -0.25) is 4.79 Å². The molecular formula is C19H24N2O3. The van der Waals surface area contributed by atoms with Crippen molar-refractivity contribution in [1.29, 1.82) is 5.26 Å². The Morgan fingerprint density at radius 3 is 2.71 bits per heavy atom. The predicted molar refractivity (Wildman–Crippen MR) is 92.5 cm³/mol. The summed E-state index contributed by atoms with van der Waals surface area (Å²) in [7, 11) is 1.79. The van der Waals surface area contributed by atoms with E-state index in [0.717, 1.165) is 6.42 Å². The molecule has 0 bridgehead atoms. The Bertz CT molecular complexity index is 665. The van der Waals surface area contributed by atoms with Crippen molar-refractivity contribution in [3.8, 4) is 23.8 Å². The minimum Gasteiger partial charge on any atom is -0.489 e. The molecule has 24 heavy (non-hydrogen) atoms. The summed E-state index contributed by atoms with van der Waals surface area (Å²) in [5, 5.41) is 19.2. The number of hydrogen-bond acceptors (Lipinski definition) is 5. The third kappa shape index (κ3) is 5.95. The molecule has 0 aromatic heterocycles. The number of ketones is 1. The van der Waals surface area contributed by atoms with Crippen molar-refractivity contribution in [1.82, 2.24) is 4.90 Å². The summed E-state index contributed by atoms with van der Waals surface area (Å²) in [5.41, 5.74) is 0.775. The molecular weight excluding hydrogens is 304 g/mol. The fourth-order valence-corrected chi connectivity index (χ4v) is 2.04. The van der Waals surface area contributed by atoms with Crippen LogP contribution in [0.25, 0.3) is 0 Å². The van der Waals surface area contributed by atoms with Gasteiger partial charge < -0.3 is 14.7 Å². The van der Waals surface area contributed by atoms with E-state index in [9.17, 15) is 15.2 Å². The topological polar surface area (TPSA) is 73.6 Å². The number of ether oxygens (including phenoxy) is 1. The third-order valence-electron chi connectivity index (χ3n) is 3.27. The van der Waals surface area contributed by atoms with Crippen LogP contribution in [0, 0.1) is 29.2 Å². The molecule has 1 aromatic carbocycles. The van der Waals surface area contributed by atoms with Gasteiger partial charge in [0, 0.05) is 31.0 Å². The highest BCUT2D eigenvalue weighted by Gasteiger charge is 2.14. The number of likely N-dealkylation sites (N-methyl/N-ethyl adjacent to an activating group) is 1. The number of benzene rings is 1. The van der Waals surface area contributed by atoms with E-state index in [2.05, 4.69) is 12.0 Å². The highest BCUT2D eigenvalue weighted by atomic mass is 16.5. The number of nitrogens with zero attached hydrogens (tertiary/aromatic N) is 2. The maximum Gasteiger partial charge on any atom is 0.165 e. The molecule has 0 saturated heterocycles. The van der Waals surface area contributed by atoms with Gasteiger partial charge in [-0.25, -0.2) is 0 Å². The van der Waals surface area contributed by atoms with Crippen molar-refractivity contribution in [2.75, 3.05) is 20.2 Å². The SMILES string of the molecule is CCC#CN(C)CC(O)COc1ccc(C(=O)C(C)C)cc1C#N. The van der Waals surface area contributed by atoms with Gasteiger partial charge in [0.15, 0.2) is 5.78 Å². The van der Waals surface area contributed by atoms with Crippen LogP contribution in [0.1, 0.15) is 43.1 Å². The van der Waals surface area contributed by atoms with E-state index in [-0.39, 0.29) is 23.9 Å². The first-order valence-electron chi connectivity index (χ1n) is 7.97. The van der Waals surface area contributed by atoms with Gasteiger partial charge in [-0.15, -0.1) is 0 Å². The molecule has 0 saturated carbocycles. The van der Waals surface area contributed by atoms with Crippen molar-refractivity contribution >= 4 is 5.78 Å². The van der Waals surface area contributed by atoms with E-state index < -0.39 is 6.10 Å². The number of carbonyl (C=O) groups excluding carboxylic acids is 1. The maximum absolute atomic E-state index is 12.0. The Balaban J connectivity index is 2.71. The van der Waals surface area contributed by atoms with Gasteiger partial charge in [0.05, 0.1) is 12.1 Å². The summed E-state index contributed by atoms with van der Waals surface area (Å²) in [6.45, 7) is 5.97. The number of hydrogen-bond donors (Lipinski definition) is 1. The first-order chi connectivity index (χ1) is 11.4. The van der Waals surface area contributed by atoms with Crippen molar-refractivity contribution in [3.05, 3.63) is 29.3 Å². The minimum atomic E-state index is -0.732. The maximum atomic E-state index is 12.0. The van der Waals surface area contributed by atoms with Crippen LogP contribution in [0.15, 0.2) is 18.2 Å². The number of Topliss-reactive ketones (excluding diaryl/α,β-unsaturated/α-hetero) is 1. The molecule has 5 nitrogen and oxygen atoms in total. The van der Waals surface area contributed by atoms with Crippen LogP contribution in [0.2, 0.25) is 0 Å².